The summed E-state index contributed by atoms with van der Waals surface area (Å²) in [5.41, 5.74) is 0.554. The van der Waals surface area contributed by atoms with Gasteiger partial charge in [-0.15, -0.1) is 0 Å². The van der Waals surface area contributed by atoms with Crippen LogP contribution in [0.3, 0.4) is 0 Å². The van der Waals surface area contributed by atoms with Gasteiger partial charge < -0.3 is 10.1 Å². The summed E-state index contributed by atoms with van der Waals surface area (Å²) in [5.74, 6) is -1.98. The van der Waals surface area contributed by atoms with Crippen molar-refractivity contribution in [1.29, 1.82) is 0 Å². The van der Waals surface area contributed by atoms with Crippen molar-refractivity contribution >= 4 is 17.3 Å². The van der Waals surface area contributed by atoms with Crippen molar-refractivity contribution < 1.29 is 26.7 Å². The molecule has 124 valence electrons. The smallest absolute Gasteiger partial charge is 0.422 e. The molecule has 0 atom stereocenters. The number of aromatic nitrogens is 1. The summed E-state index contributed by atoms with van der Waals surface area (Å²) in [4.78, 5) is 3.71. The summed E-state index contributed by atoms with van der Waals surface area (Å²) < 4.78 is 67.1. The number of nitrogens with zero attached hydrogens (tertiary/aromatic N) is 1. The SMILES string of the molecule is Fc1ccc(NCc2ccc(OCC(F)(F)F)nc2)c(F)c1Cl. The molecule has 1 N–H and O–H groups in total. The molecule has 0 saturated carbocycles. The molecule has 0 aliphatic heterocycles. The van der Waals surface area contributed by atoms with Gasteiger partial charge in [0.15, 0.2) is 12.4 Å². The number of anilines is 1. The quantitative estimate of drug-likeness (QED) is 0.632. The Labute approximate surface area is 133 Å². The van der Waals surface area contributed by atoms with Crippen LogP contribution in [0.25, 0.3) is 0 Å². The predicted molar refractivity (Wildman–Crippen MR) is 74.5 cm³/mol. The summed E-state index contributed by atoms with van der Waals surface area (Å²) in [5, 5.41) is 2.06. The van der Waals surface area contributed by atoms with E-state index in [1.54, 1.807) is 0 Å². The van der Waals surface area contributed by atoms with E-state index < -0.39 is 29.4 Å². The second kappa shape index (κ2) is 6.99. The Kier molecular flexibility index (Phi) is 5.25. The number of pyridine rings is 1. The fourth-order valence-corrected chi connectivity index (χ4v) is 1.78. The minimum atomic E-state index is -4.44. The van der Waals surface area contributed by atoms with Gasteiger partial charge in [0.2, 0.25) is 5.88 Å². The zero-order valence-corrected chi connectivity index (χ0v) is 12.2. The van der Waals surface area contributed by atoms with E-state index in [0.717, 1.165) is 6.07 Å². The lowest BCUT2D eigenvalue weighted by atomic mass is 10.2. The van der Waals surface area contributed by atoms with Gasteiger partial charge >= 0.3 is 6.18 Å². The first-order chi connectivity index (χ1) is 10.8. The Hall–Kier alpha value is -2.09. The molecule has 0 radical (unpaired) electrons. The molecule has 0 aliphatic carbocycles. The average molecular weight is 353 g/mol. The van der Waals surface area contributed by atoms with Gasteiger partial charge in [-0.25, -0.2) is 13.8 Å². The van der Waals surface area contributed by atoms with Crippen LogP contribution in [0, 0.1) is 11.6 Å². The van der Waals surface area contributed by atoms with E-state index in [-0.39, 0.29) is 18.1 Å². The second-order valence-corrected chi connectivity index (χ2v) is 4.86. The predicted octanol–water partition coefficient (Wildman–Crippen LogP) is 4.57. The minimum absolute atomic E-state index is 0.00574. The maximum atomic E-state index is 13.7. The normalized spacial score (nSPS) is 11.4. The summed E-state index contributed by atoms with van der Waals surface area (Å²) >= 11 is 5.45. The summed E-state index contributed by atoms with van der Waals surface area (Å²) in [6.45, 7) is -1.32. The van der Waals surface area contributed by atoms with Crippen LogP contribution in [0.1, 0.15) is 5.56 Å². The standard InChI is InChI=1S/C14H10ClF5N2O/c15-12-9(16)2-3-10(13(12)17)21-5-8-1-4-11(22-6-8)23-7-14(18,19)20/h1-4,6,21H,5,7H2. The Bertz CT molecular complexity index is 676. The molecule has 1 aromatic carbocycles. The largest absolute Gasteiger partial charge is 0.468 e. The van der Waals surface area contributed by atoms with E-state index >= 15 is 0 Å². The second-order valence-electron chi connectivity index (χ2n) is 4.49. The van der Waals surface area contributed by atoms with Crippen molar-refractivity contribution in [3.05, 3.63) is 52.7 Å². The Morgan fingerprint density at radius 3 is 2.48 bits per heavy atom. The Morgan fingerprint density at radius 2 is 1.87 bits per heavy atom. The highest BCUT2D eigenvalue weighted by atomic mass is 35.5. The van der Waals surface area contributed by atoms with Crippen molar-refractivity contribution in [2.75, 3.05) is 11.9 Å². The Morgan fingerprint density at radius 1 is 1.13 bits per heavy atom. The van der Waals surface area contributed by atoms with E-state index in [0.29, 0.717) is 5.56 Å². The molecule has 0 amide bonds. The van der Waals surface area contributed by atoms with Crippen molar-refractivity contribution in [2.45, 2.75) is 12.7 Å². The van der Waals surface area contributed by atoms with Crippen LogP contribution in [0.4, 0.5) is 27.6 Å². The molecule has 1 aromatic heterocycles. The van der Waals surface area contributed by atoms with E-state index in [4.69, 9.17) is 11.6 Å². The minimum Gasteiger partial charge on any atom is -0.468 e. The zero-order valence-electron chi connectivity index (χ0n) is 11.4. The van der Waals surface area contributed by atoms with Gasteiger partial charge in [-0.05, 0) is 17.7 Å². The first kappa shape index (κ1) is 17.3. The molecule has 0 spiro atoms. The van der Waals surface area contributed by atoms with Crippen LogP contribution < -0.4 is 10.1 Å². The highest BCUT2D eigenvalue weighted by Gasteiger charge is 2.28. The van der Waals surface area contributed by atoms with Crippen molar-refractivity contribution in [2.24, 2.45) is 0 Å². The fraction of sp³-hybridized carbons (Fsp3) is 0.214. The van der Waals surface area contributed by atoms with E-state index in [1.165, 1.54) is 24.4 Å². The molecule has 1 heterocycles. The topological polar surface area (TPSA) is 34.1 Å². The van der Waals surface area contributed by atoms with E-state index in [2.05, 4.69) is 15.0 Å². The highest BCUT2D eigenvalue weighted by Crippen LogP contribution is 2.25. The van der Waals surface area contributed by atoms with Gasteiger partial charge in [-0.2, -0.15) is 13.2 Å². The summed E-state index contributed by atoms with van der Waals surface area (Å²) in [7, 11) is 0. The highest BCUT2D eigenvalue weighted by molar-refractivity contribution is 6.31. The van der Waals surface area contributed by atoms with Crippen LogP contribution in [0.15, 0.2) is 30.5 Å². The molecule has 0 unspecified atom stereocenters. The molecule has 3 nitrogen and oxygen atoms in total. The van der Waals surface area contributed by atoms with Crippen LogP contribution >= 0.6 is 11.6 Å². The summed E-state index contributed by atoms with van der Waals surface area (Å²) in [6, 6.07) is 4.93. The molecule has 0 saturated heterocycles. The van der Waals surface area contributed by atoms with Crippen molar-refractivity contribution in [3.63, 3.8) is 0 Å². The third kappa shape index (κ3) is 4.95. The van der Waals surface area contributed by atoms with Crippen molar-refractivity contribution in [1.82, 2.24) is 4.98 Å². The lowest BCUT2D eigenvalue weighted by molar-refractivity contribution is -0.154. The maximum absolute atomic E-state index is 13.7. The number of ether oxygens (including phenoxy) is 1. The molecular formula is C14H10ClF5N2O. The van der Waals surface area contributed by atoms with Crippen LogP contribution in [-0.4, -0.2) is 17.8 Å². The van der Waals surface area contributed by atoms with Gasteiger partial charge in [0.05, 0.1) is 5.69 Å². The van der Waals surface area contributed by atoms with Gasteiger partial charge in [0, 0.05) is 18.8 Å². The third-order valence-corrected chi connectivity index (χ3v) is 3.05. The number of benzene rings is 1. The monoisotopic (exact) mass is 352 g/mol. The van der Waals surface area contributed by atoms with Gasteiger partial charge in [-0.1, -0.05) is 17.7 Å². The van der Waals surface area contributed by atoms with Crippen LogP contribution in [0.5, 0.6) is 5.88 Å². The zero-order chi connectivity index (χ0) is 17.0. The molecule has 23 heavy (non-hydrogen) atoms. The fourth-order valence-electron chi connectivity index (χ4n) is 1.62. The molecule has 0 aliphatic rings. The van der Waals surface area contributed by atoms with Crippen molar-refractivity contribution in [3.8, 4) is 5.88 Å². The number of hydrogen-bond donors (Lipinski definition) is 1. The molecule has 0 bridgehead atoms. The van der Waals surface area contributed by atoms with Gasteiger partial charge in [-0.3, -0.25) is 0 Å². The first-order valence-electron chi connectivity index (χ1n) is 6.28. The number of halogens is 6. The molecule has 2 rings (SSSR count). The van der Waals surface area contributed by atoms with Crippen LogP contribution in [-0.2, 0) is 6.54 Å². The van der Waals surface area contributed by atoms with E-state index in [1.807, 2.05) is 0 Å². The number of nitrogens with one attached hydrogen (secondary N) is 1. The molecular weight excluding hydrogens is 343 g/mol. The number of hydrogen-bond acceptors (Lipinski definition) is 3. The average Bonchev–Trinajstić information content (AvgIpc) is 2.50. The van der Waals surface area contributed by atoms with Crippen LogP contribution in [0.2, 0.25) is 5.02 Å². The third-order valence-electron chi connectivity index (χ3n) is 2.70. The molecule has 0 fully saturated rings. The lowest BCUT2D eigenvalue weighted by Gasteiger charge is -2.10. The number of alkyl halides is 3. The Balaban J connectivity index is 1.95. The van der Waals surface area contributed by atoms with Gasteiger partial charge in [0.1, 0.15) is 10.8 Å². The molecule has 9 heteroatoms. The van der Waals surface area contributed by atoms with E-state index in [9.17, 15) is 22.0 Å². The molecule has 2 aromatic rings. The summed E-state index contributed by atoms with van der Waals surface area (Å²) in [6.07, 6.45) is -3.16. The maximum Gasteiger partial charge on any atom is 0.422 e. The lowest BCUT2D eigenvalue weighted by Crippen LogP contribution is -2.19. The van der Waals surface area contributed by atoms with Gasteiger partial charge in [0.25, 0.3) is 0 Å². The number of rotatable bonds is 5. The first-order valence-corrected chi connectivity index (χ1v) is 6.66.